The molecule has 0 fully saturated rings. The molecule has 2 heterocycles. The van der Waals surface area contributed by atoms with Crippen LogP contribution in [0.4, 0.5) is 0 Å². The molecular weight excluding hydrogens is 272 g/mol. The Hall–Kier alpha value is -2.93. The van der Waals surface area contributed by atoms with Gasteiger partial charge in [-0.15, -0.1) is 0 Å². The molecule has 0 unspecified atom stereocenters. The number of hydrogen-bond donors (Lipinski definition) is 0. The zero-order valence-electron chi connectivity index (χ0n) is 12.6. The van der Waals surface area contributed by atoms with Gasteiger partial charge in [0.15, 0.2) is 0 Å². The van der Waals surface area contributed by atoms with Gasteiger partial charge in [-0.2, -0.15) is 5.26 Å². The van der Waals surface area contributed by atoms with Crippen LogP contribution in [-0.2, 0) is 13.5 Å². The summed E-state index contributed by atoms with van der Waals surface area (Å²) in [5.74, 6) is 0. The topological polar surface area (TPSA) is 54.5 Å². The van der Waals surface area contributed by atoms with Crippen molar-refractivity contribution in [2.24, 2.45) is 7.05 Å². The monoisotopic (exact) mass is 288 g/mol. The molecule has 0 atom stereocenters. The lowest BCUT2D eigenvalue weighted by atomic mass is 10.0. The van der Waals surface area contributed by atoms with E-state index in [1.165, 1.54) is 5.56 Å². The predicted octanol–water partition coefficient (Wildman–Crippen LogP) is 3.58. The summed E-state index contributed by atoms with van der Waals surface area (Å²) in [6, 6.07) is 14.1. The number of imidazole rings is 1. The zero-order chi connectivity index (χ0) is 15.5. The molecule has 0 aliphatic heterocycles. The minimum Gasteiger partial charge on any atom is -0.333 e. The lowest BCUT2D eigenvalue weighted by Crippen LogP contribution is -1.93. The van der Waals surface area contributed by atoms with E-state index in [-0.39, 0.29) is 0 Å². The van der Waals surface area contributed by atoms with E-state index >= 15 is 0 Å². The molecule has 0 saturated carbocycles. The fraction of sp³-hybridized carbons (Fsp3) is 0.167. The van der Waals surface area contributed by atoms with Gasteiger partial charge in [0.25, 0.3) is 0 Å². The van der Waals surface area contributed by atoms with E-state index < -0.39 is 0 Å². The first kappa shape index (κ1) is 14.0. The van der Waals surface area contributed by atoms with Crippen LogP contribution in [0.25, 0.3) is 22.6 Å². The van der Waals surface area contributed by atoms with Crippen LogP contribution in [0.2, 0.25) is 0 Å². The van der Waals surface area contributed by atoms with E-state index in [0.717, 1.165) is 23.4 Å². The van der Waals surface area contributed by atoms with E-state index in [1.54, 1.807) is 24.7 Å². The van der Waals surface area contributed by atoms with Crippen LogP contribution in [0.15, 0.2) is 48.9 Å². The Morgan fingerprint density at radius 3 is 2.59 bits per heavy atom. The van der Waals surface area contributed by atoms with Crippen LogP contribution < -0.4 is 0 Å². The molecule has 1 aromatic carbocycles. The quantitative estimate of drug-likeness (QED) is 0.740. The number of aryl methyl sites for hydroxylation is 2. The Kier molecular flexibility index (Phi) is 3.71. The highest BCUT2D eigenvalue weighted by Crippen LogP contribution is 2.30. The van der Waals surface area contributed by atoms with Crippen LogP contribution in [0.3, 0.4) is 0 Å². The molecule has 0 radical (unpaired) electrons. The lowest BCUT2D eigenvalue weighted by Gasteiger charge is -2.07. The highest BCUT2D eigenvalue weighted by Gasteiger charge is 2.14. The average molecular weight is 288 g/mol. The van der Waals surface area contributed by atoms with E-state index in [0.29, 0.717) is 11.3 Å². The van der Waals surface area contributed by atoms with Crippen molar-refractivity contribution in [1.82, 2.24) is 14.5 Å². The van der Waals surface area contributed by atoms with Crippen molar-refractivity contribution in [2.75, 3.05) is 0 Å². The van der Waals surface area contributed by atoms with Gasteiger partial charge in [-0.1, -0.05) is 31.2 Å². The summed E-state index contributed by atoms with van der Waals surface area (Å²) < 4.78 is 1.98. The Morgan fingerprint density at radius 2 is 1.91 bits per heavy atom. The van der Waals surface area contributed by atoms with Gasteiger partial charge >= 0.3 is 0 Å². The number of aromatic nitrogens is 3. The number of pyridine rings is 1. The Labute approximate surface area is 129 Å². The summed E-state index contributed by atoms with van der Waals surface area (Å²) >= 11 is 0. The number of hydrogen-bond acceptors (Lipinski definition) is 3. The van der Waals surface area contributed by atoms with Crippen molar-refractivity contribution in [3.8, 4) is 28.7 Å². The molecule has 0 amide bonds. The van der Waals surface area contributed by atoms with Gasteiger partial charge in [0.2, 0.25) is 0 Å². The van der Waals surface area contributed by atoms with Crippen LogP contribution in [0, 0.1) is 11.3 Å². The van der Waals surface area contributed by atoms with E-state index in [2.05, 4.69) is 47.2 Å². The Balaban J connectivity index is 2.12. The van der Waals surface area contributed by atoms with Gasteiger partial charge in [0, 0.05) is 18.8 Å². The summed E-state index contributed by atoms with van der Waals surface area (Å²) in [6.07, 6.45) is 4.44. The van der Waals surface area contributed by atoms with Crippen molar-refractivity contribution in [2.45, 2.75) is 13.3 Å². The number of rotatable bonds is 3. The molecule has 108 valence electrons. The molecule has 0 bridgehead atoms. The molecule has 22 heavy (non-hydrogen) atoms. The van der Waals surface area contributed by atoms with Crippen molar-refractivity contribution >= 4 is 0 Å². The predicted molar refractivity (Wildman–Crippen MR) is 86.0 cm³/mol. The SMILES string of the molecule is CCc1ccc(-c2c(-c3cc(C#N)ccn3)ncn2C)cc1. The van der Waals surface area contributed by atoms with Crippen LogP contribution in [-0.4, -0.2) is 14.5 Å². The maximum Gasteiger partial charge on any atom is 0.115 e. The fourth-order valence-corrected chi connectivity index (χ4v) is 2.49. The molecular formula is C18H16N4. The molecule has 0 spiro atoms. The van der Waals surface area contributed by atoms with Gasteiger partial charge in [0.05, 0.1) is 29.3 Å². The largest absolute Gasteiger partial charge is 0.333 e. The minimum atomic E-state index is 0.586. The summed E-state index contributed by atoms with van der Waals surface area (Å²) in [6.45, 7) is 2.14. The van der Waals surface area contributed by atoms with Crippen LogP contribution in [0.1, 0.15) is 18.1 Å². The average Bonchev–Trinajstić information content (AvgIpc) is 2.96. The number of nitrogens with zero attached hydrogens (tertiary/aromatic N) is 4. The van der Waals surface area contributed by atoms with E-state index in [4.69, 9.17) is 5.26 Å². The highest BCUT2D eigenvalue weighted by atomic mass is 15.0. The van der Waals surface area contributed by atoms with Crippen LogP contribution in [0.5, 0.6) is 0 Å². The third-order valence-corrected chi connectivity index (χ3v) is 3.70. The van der Waals surface area contributed by atoms with E-state index in [9.17, 15) is 0 Å². The first-order chi connectivity index (χ1) is 10.7. The molecule has 0 N–H and O–H groups in total. The second kappa shape index (κ2) is 5.82. The highest BCUT2D eigenvalue weighted by molar-refractivity contribution is 5.77. The Morgan fingerprint density at radius 1 is 1.14 bits per heavy atom. The van der Waals surface area contributed by atoms with Crippen molar-refractivity contribution in [3.63, 3.8) is 0 Å². The van der Waals surface area contributed by atoms with E-state index in [1.807, 2.05) is 11.6 Å². The van der Waals surface area contributed by atoms with Gasteiger partial charge in [0.1, 0.15) is 5.69 Å². The molecule has 4 nitrogen and oxygen atoms in total. The number of nitriles is 1. The second-order valence-corrected chi connectivity index (χ2v) is 5.14. The molecule has 0 aliphatic rings. The normalized spacial score (nSPS) is 10.4. The standard InChI is InChI=1S/C18H16N4/c1-3-13-4-6-15(7-5-13)18-17(21-12-22(18)2)16-10-14(11-19)8-9-20-16/h4-10,12H,3H2,1-2H3. The smallest absolute Gasteiger partial charge is 0.115 e. The van der Waals surface area contributed by atoms with Gasteiger partial charge in [-0.3, -0.25) is 4.98 Å². The third kappa shape index (κ3) is 2.49. The zero-order valence-corrected chi connectivity index (χ0v) is 12.6. The van der Waals surface area contributed by atoms with Gasteiger partial charge < -0.3 is 4.57 Å². The third-order valence-electron chi connectivity index (χ3n) is 3.70. The van der Waals surface area contributed by atoms with Gasteiger partial charge in [-0.05, 0) is 24.1 Å². The molecule has 0 saturated heterocycles. The van der Waals surface area contributed by atoms with Crippen molar-refractivity contribution in [3.05, 3.63) is 60.0 Å². The molecule has 3 aromatic rings. The molecule has 4 heteroatoms. The summed E-state index contributed by atoms with van der Waals surface area (Å²) in [7, 11) is 1.97. The van der Waals surface area contributed by atoms with Crippen molar-refractivity contribution < 1.29 is 0 Å². The molecule has 3 rings (SSSR count). The first-order valence-electron chi connectivity index (χ1n) is 7.20. The van der Waals surface area contributed by atoms with Gasteiger partial charge in [-0.25, -0.2) is 4.98 Å². The Bertz CT molecular complexity index is 838. The minimum absolute atomic E-state index is 0.586. The maximum atomic E-state index is 9.05. The molecule has 0 aliphatic carbocycles. The summed E-state index contributed by atoms with van der Waals surface area (Å²) in [4.78, 5) is 8.84. The van der Waals surface area contributed by atoms with Crippen molar-refractivity contribution in [1.29, 1.82) is 5.26 Å². The lowest BCUT2D eigenvalue weighted by molar-refractivity contribution is 0.921. The summed E-state index contributed by atoms with van der Waals surface area (Å²) in [5, 5.41) is 9.05. The second-order valence-electron chi connectivity index (χ2n) is 5.14. The molecule has 2 aromatic heterocycles. The summed E-state index contributed by atoms with van der Waals surface area (Å²) in [5.41, 5.74) is 5.50. The number of benzene rings is 1. The fourth-order valence-electron chi connectivity index (χ4n) is 2.49. The maximum absolute atomic E-state index is 9.05. The van der Waals surface area contributed by atoms with Crippen LogP contribution >= 0.6 is 0 Å². The first-order valence-corrected chi connectivity index (χ1v) is 7.20.